The van der Waals surface area contributed by atoms with Crippen molar-refractivity contribution in [3.63, 3.8) is 0 Å². The summed E-state index contributed by atoms with van der Waals surface area (Å²) in [5, 5.41) is 3.15. The summed E-state index contributed by atoms with van der Waals surface area (Å²) in [6.07, 6.45) is 5.45. The van der Waals surface area contributed by atoms with Gasteiger partial charge in [-0.15, -0.1) is 0 Å². The van der Waals surface area contributed by atoms with Crippen LogP contribution in [-0.2, 0) is 26.2 Å². The average Bonchev–Trinajstić information content (AvgIpc) is 2.97. The summed E-state index contributed by atoms with van der Waals surface area (Å²) in [6.45, 7) is 5.32. The maximum atomic E-state index is 14.2. The number of anilines is 1. The van der Waals surface area contributed by atoms with E-state index in [2.05, 4.69) is 5.32 Å². The van der Waals surface area contributed by atoms with Crippen LogP contribution >= 0.6 is 0 Å². The van der Waals surface area contributed by atoms with E-state index < -0.39 is 34.3 Å². The number of nitrogens with one attached hydrogen (secondary N) is 1. The van der Waals surface area contributed by atoms with Gasteiger partial charge in [0.05, 0.1) is 10.6 Å². The van der Waals surface area contributed by atoms with E-state index in [9.17, 15) is 22.4 Å². The van der Waals surface area contributed by atoms with Gasteiger partial charge in [0.2, 0.25) is 11.8 Å². The molecule has 0 bridgehead atoms. The lowest BCUT2D eigenvalue weighted by Crippen LogP contribution is -2.54. The van der Waals surface area contributed by atoms with Crippen LogP contribution in [-0.4, -0.2) is 43.8 Å². The molecule has 2 amide bonds. The van der Waals surface area contributed by atoms with Crippen LogP contribution in [0.25, 0.3) is 0 Å². The van der Waals surface area contributed by atoms with Crippen molar-refractivity contribution in [3.05, 3.63) is 95.3 Å². The number of halogens is 1. The van der Waals surface area contributed by atoms with E-state index in [4.69, 9.17) is 0 Å². The van der Waals surface area contributed by atoms with E-state index in [0.717, 1.165) is 65.2 Å². The van der Waals surface area contributed by atoms with Gasteiger partial charge in [-0.2, -0.15) is 0 Å². The number of hydrogen-bond donors (Lipinski definition) is 1. The van der Waals surface area contributed by atoms with Crippen molar-refractivity contribution in [1.82, 2.24) is 10.2 Å². The lowest BCUT2D eigenvalue weighted by atomic mass is 9.95. The van der Waals surface area contributed by atoms with Gasteiger partial charge in [-0.1, -0.05) is 73.7 Å². The molecule has 3 aromatic carbocycles. The van der Waals surface area contributed by atoms with E-state index in [1.54, 1.807) is 24.3 Å². The zero-order chi connectivity index (χ0) is 30.3. The third-order valence-corrected chi connectivity index (χ3v) is 9.56. The Balaban J connectivity index is 1.70. The molecule has 0 saturated heterocycles. The number of aryl methyl sites for hydroxylation is 2. The van der Waals surface area contributed by atoms with Crippen LogP contribution in [0.5, 0.6) is 0 Å². The van der Waals surface area contributed by atoms with Gasteiger partial charge in [-0.25, -0.2) is 12.8 Å². The molecule has 1 N–H and O–H groups in total. The summed E-state index contributed by atoms with van der Waals surface area (Å²) >= 11 is 0. The van der Waals surface area contributed by atoms with Crippen LogP contribution in [0, 0.1) is 19.7 Å². The summed E-state index contributed by atoms with van der Waals surface area (Å²) in [5.41, 5.74) is 3.08. The average molecular weight is 594 g/mol. The van der Waals surface area contributed by atoms with E-state index >= 15 is 0 Å². The fourth-order valence-corrected chi connectivity index (χ4v) is 6.86. The second kappa shape index (κ2) is 14.0. The van der Waals surface area contributed by atoms with E-state index in [1.165, 1.54) is 17.0 Å². The Kier molecular flexibility index (Phi) is 10.4. The number of hydrogen-bond acceptors (Lipinski definition) is 4. The topological polar surface area (TPSA) is 86.8 Å². The molecular formula is C33H40FN3O4S. The van der Waals surface area contributed by atoms with Crippen molar-refractivity contribution in [3.8, 4) is 0 Å². The molecule has 0 aromatic heterocycles. The summed E-state index contributed by atoms with van der Waals surface area (Å²) in [7, 11) is -4.25. The van der Waals surface area contributed by atoms with Crippen molar-refractivity contribution in [2.45, 2.75) is 82.8 Å². The molecule has 0 heterocycles. The summed E-state index contributed by atoms with van der Waals surface area (Å²) in [4.78, 5) is 29.2. The van der Waals surface area contributed by atoms with Crippen molar-refractivity contribution >= 4 is 27.5 Å². The predicted octanol–water partition coefficient (Wildman–Crippen LogP) is 5.89. The van der Waals surface area contributed by atoms with Crippen molar-refractivity contribution in [2.24, 2.45) is 0 Å². The Bertz CT molecular complexity index is 1470. The van der Waals surface area contributed by atoms with Crippen LogP contribution < -0.4 is 9.62 Å². The van der Waals surface area contributed by atoms with Gasteiger partial charge >= 0.3 is 0 Å². The molecule has 0 spiro atoms. The molecule has 0 aliphatic heterocycles. The van der Waals surface area contributed by atoms with Crippen LogP contribution in [0.3, 0.4) is 0 Å². The molecule has 0 unspecified atom stereocenters. The van der Waals surface area contributed by atoms with Gasteiger partial charge in [0.15, 0.2) is 0 Å². The van der Waals surface area contributed by atoms with Crippen LogP contribution in [0.1, 0.15) is 62.1 Å². The number of carbonyl (C=O) groups excluding carboxylic acids is 2. The highest BCUT2D eigenvalue weighted by Gasteiger charge is 2.34. The highest BCUT2D eigenvalue weighted by Crippen LogP contribution is 2.26. The molecule has 9 heteroatoms. The Labute approximate surface area is 248 Å². The maximum Gasteiger partial charge on any atom is 0.264 e. The van der Waals surface area contributed by atoms with Gasteiger partial charge in [0, 0.05) is 12.6 Å². The van der Waals surface area contributed by atoms with Gasteiger partial charge in [0.1, 0.15) is 18.4 Å². The van der Waals surface area contributed by atoms with Crippen LogP contribution in [0.15, 0.2) is 77.7 Å². The number of benzene rings is 3. The Morgan fingerprint density at radius 1 is 0.929 bits per heavy atom. The first-order valence-corrected chi connectivity index (χ1v) is 16.0. The normalized spacial score (nSPS) is 14.7. The van der Waals surface area contributed by atoms with Gasteiger partial charge in [0.25, 0.3) is 10.0 Å². The number of nitrogens with zero attached hydrogens (tertiary/aromatic N) is 2. The molecule has 1 saturated carbocycles. The minimum absolute atomic E-state index is 0.0686. The fraction of sp³-hybridized carbons (Fsp3) is 0.394. The number of amides is 2. The van der Waals surface area contributed by atoms with Crippen LogP contribution in [0.2, 0.25) is 0 Å². The molecule has 1 aliphatic rings. The number of sulfonamides is 1. The SMILES string of the molecule is CC[C@@H](C(=O)NC1CCCCC1)N(Cc1cccc(C)c1)C(=O)CN(c1ccc(C)cc1)S(=O)(=O)c1ccc(F)cc1. The molecule has 42 heavy (non-hydrogen) atoms. The van der Waals surface area contributed by atoms with Crippen molar-refractivity contribution in [2.75, 3.05) is 10.8 Å². The quantitative estimate of drug-likeness (QED) is 0.300. The highest BCUT2D eigenvalue weighted by molar-refractivity contribution is 7.92. The van der Waals surface area contributed by atoms with Crippen LogP contribution in [0.4, 0.5) is 10.1 Å². The molecule has 224 valence electrons. The van der Waals surface area contributed by atoms with E-state index in [1.807, 2.05) is 45.0 Å². The number of rotatable bonds is 11. The zero-order valence-corrected chi connectivity index (χ0v) is 25.4. The van der Waals surface area contributed by atoms with E-state index in [0.29, 0.717) is 12.1 Å². The Morgan fingerprint density at radius 2 is 1.60 bits per heavy atom. The molecule has 3 aromatic rings. The highest BCUT2D eigenvalue weighted by atomic mass is 32.2. The monoisotopic (exact) mass is 593 g/mol. The summed E-state index contributed by atoms with van der Waals surface area (Å²) < 4.78 is 42.5. The smallest absolute Gasteiger partial charge is 0.264 e. The van der Waals surface area contributed by atoms with E-state index in [-0.39, 0.29) is 23.4 Å². The minimum Gasteiger partial charge on any atom is -0.352 e. The molecule has 7 nitrogen and oxygen atoms in total. The molecular weight excluding hydrogens is 553 g/mol. The predicted molar refractivity (Wildman–Crippen MR) is 163 cm³/mol. The summed E-state index contributed by atoms with van der Waals surface area (Å²) in [6, 6.07) is 18.3. The first-order valence-electron chi connectivity index (χ1n) is 14.6. The standard InChI is InChI=1S/C33H40FN3O4S/c1-4-31(33(39)35-28-11-6-5-7-12-28)36(22-26-10-8-9-25(3)21-26)32(38)23-37(29-17-13-24(2)14-18-29)42(40,41)30-19-15-27(34)16-20-30/h8-10,13-21,28,31H,4-7,11-12,22-23H2,1-3H3,(H,35,39)/t31-/m0/s1. The zero-order valence-electron chi connectivity index (χ0n) is 24.6. The maximum absolute atomic E-state index is 14.2. The molecule has 1 aliphatic carbocycles. The fourth-order valence-electron chi connectivity index (χ4n) is 5.44. The molecule has 1 fully saturated rings. The first kappa shape index (κ1) is 31.2. The Hall–Kier alpha value is -3.72. The van der Waals surface area contributed by atoms with Gasteiger partial charge in [-0.3, -0.25) is 13.9 Å². The second-order valence-corrected chi connectivity index (χ2v) is 12.9. The summed E-state index contributed by atoms with van der Waals surface area (Å²) in [5.74, 6) is -1.30. The first-order chi connectivity index (χ1) is 20.1. The van der Waals surface area contributed by atoms with Gasteiger partial charge in [-0.05, 0) is 75.1 Å². The number of carbonyl (C=O) groups is 2. The van der Waals surface area contributed by atoms with Gasteiger partial charge < -0.3 is 10.2 Å². The second-order valence-electron chi connectivity index (χ2n) is 11.1. The molecule has 4 rings (SSSR count). The lowest BCUT2D eigenvalue weighted by molar-refractivity contribution is -0.140. The Morgan fingerprint density at radius 3 is 2.21 bits per heavy atom. The molecule has 1 atom stereocenters. The minimum atomic E-state index is -4.25. The lowest BCUT2D eigenvalue weighted by Gasteiger charge is -2.34. The third-order valence-electron chi connectivity index (χ3n) is 7.78. The molecule has 0 radical (unpaired) electrons. The van der Waals surface area contributed by atoms with Crippen molar-refractivity contribution < 1.29 is 22.4 Å². The third kappa shape index (κ3) is 7.76. The largest absolute Gasteiger partial charge is 0.352 e. The van der Waals surface area contributed by atoms with Crippen molar-refractivity contribution in [1.29, 1.82) is 0 Å².